The lowest BCUT2D eigenvalue weighted by molar-refractivity contribution is -0.118. The Morgan fingerprint density at radius 1 is 1.33 bits per heavy atom. The van der Waals surface area contributed by atoms with Crippen LogP contribution in [-0.4, -0.2) is 32.0 Å². The summed E-state index contributed by atoms with van der Waals surface area (Å²) in [7, 11) is 1.58. The summed E-state index contributed by atoms with van der Waals surface area (Å²) in [5, 5.41) is 2.53. The van der Waals surface area contributed by atoms with Crippen molar-refractivity contribution in [3.63, 3.8) is 0 Å². The number of nitrogens with one attached hydrogen (secondary N) is 1. The summed E-state index contributed by atoms with van der Waals surface area (Å²) < 4.78 is 10.5. The first kappa shape index (κ1) is 14.2. The lowest BCUT2D eigenvalue weighted by Gasteiger charge is -2.07. The van der Waals surface area contributed by atoms with E-state index in [0.29, 0.717) is 11.5 Å². The van der Waals surface area contributed by atoms with Crippen molar-refractivity contribution in [2.75, 3.05) is 26.1 Å². The lowest BCUT2D eigenvalue weighted by Crippen LogP contribution is -2.24. The van der Waals surface area contributed by atoms with Gasteiger partial charge in [-0.3, -0.25) is 4.79 Å². The molecule has 1 amide bonds. The topological polar surface area (TPSA) is 47.6 Å². The van der Waals surface area contributed by atoms with Crippen molar-refractivity contribution >= 4 is 17.5 Å². The average Bonchev–Trinajstić information content (AvgIpc) is 2.42. The van der Waals surface area contributed by atoms with Gasteiger partial charge in [-0.15, -0.1) is 11.6 Å². The quantitative estimate of drug-likeness (QED) is 0.649. The van der Waals surface area contributed by atoms with Crippen LogP contribution in [0.4, 0.5) is 0 Å². The second-order valence-corrected chi connectivity index (χ2v) is 3.47. The van der Waals surface area contributed by atoms with Gasteiger partial charge >= 0.3 is 0 Å². The van der Waals surface area contributed by atoms with Gasteiger partial charge in [0.1, 0.15) is 12.5 Å². The number of ether oxygens (including phenoxy) is 2. The van der Waals surface area contributed by atoms with Crippen LogP contribution in [0.5, 0.6) is 11.5 Å². The van der Waals surface area contributed by atoms with Crippen LogP contribution >= 0.6 is 11.6 Å². The van der Waals surface area contributed by atoms with E-state index in [4.69, 9.17) is 21.1 Å². The summed E-state index contributed by atoms with van der Waals surface area (Å²) in [5.74, 6) is 6.54. The fourth-order valence-corrected chi connectivity index (χ4v) is 1.25. The molecule has 0 saturated heterocycles. The largest absolute Gasteiger partial charge is 0.493 e. The summed E-state index contributed by atoms with van der Waals surface area (Å²) in [4.78, 5) is 10.8. The zero-order valence-electron chi connectivity index (χ0n) is 10.0. The van der Waals surface area contributed by atoms with Gasteiger partial charge in [0.05, 0.1) is 13.7 Å². The normalized spacial score (nSPS) is 9.00. The second kappa shape index (κ2) is 8.26. The van der Waals surface area contributed by atoms with E-state index < -0.39 is 0 Å². The summed E-state index contributed by atoms with van der Waals surface area (Å²) >= 11 is 5.31. The number of carbonyl (C=O) groups excluding carboxylic acids is 1. The summed E-state index contributed by atoms with van der Waals surface area (Å²) in [6.45, 7) is 0.498. The highest BCUT2D eigenvalue weighted by atomic mass is 35.5. The minimum absolute atomic E-state index is 0.0562. The van der Waals surface area contributed by atoms with Gasteiger partial charge in [-0.2, -0.15) is 0 Å². The highest BCUT2D eigenvalue weighted by Crippen LogP contribution is 2.25. The average molecular weight is 268 g/mol. The van der Waals surface area contributed by atoms with Gasteiger partial charge in [-0.05, 0) is 12.1 Å². The number of para-hydroxylation sites is 2. The molecule has 0 bridgehead atoms. The van der Waals surface area contributed by atoms with Crippen LogP contribution in [0.1, 0.15) is 0 Å². The number of halogens is 1. The maximum atomic E-state index is 10.8. The number of carbonyl (C=O) groups is 1. The van der Waals surface area contributed by atoms with E-state index in [0.717, 1.165) is 0 Å². The fraction of sp³-hybridized carbons (Fsp3) is 0.308. The molecular formula is C13H14ClNO3. The number of hydrogen-bond acceptors (Lipinski definition) is 3. The number of rotatable bonds is 5. The molecule has 1 aromatic rings. The highest BCUT2D eigenvalue weighted by Gasteiger charge is 2.00. The minimum atomic E-state index is -0.239. The van der Waals surface area contributed by atoms with Crippen LogP contribution in [0.2, 0.25) is 0 Å². The molecule has 0 heterocycles. The third-order valence-electron chi connectivity index (χ3n) is 1.99. The van der Waals surface area contributed by atoms with Crippen molar-refractivity contribution in [3.05, 3.63) is 24.3 Å². The molecule has 0 saturated carbocycles. The Hall–Kier alpha value is -1.86. The van der Waals surface area contributed by atoms with Crippen LogP contribution in [0.3, 0.4) is 0 Å². The van der Waals surface area contributed by atoms with Crippen molar-refractivity contribution in [3.8, 4) is 23.3 Å². The van der Waals surface area contributed by atoms with E-state index in [1.165, 1.54) is 0 Å². The highest BCUT2D eigenvalue weighted by molar-refractivity contribution is 6.27. The molecule has 0 radical (unpaired) electrons. The third-order valence-corrected chi connectivity index (χ3v) is 2.23. The minimum Gasteiger partial charge on any atom is -0.493 e. The van der Waals surface area contributed by atoms with Crippen LogP contribution in [0.25, 0.3) is 0 Å². The standard InChI is InChI=1S/C13H14ClNO3/c1-17-11-6-2-3-7-12(11)18-9-5-4-8-15-13(16)10-14/h2-3,6-7H,8-10H2,1H3,(H,15,16). The first-order valence-corrected chi connectivity index (χ1v) is 5.85. The molecule has 1 aromatic carbocycles. The zero-order chi connectivity index (χ0) is 13.2. The van der Waals surface area contributed by atoms with E-state index in [9.17, 15) is 4.79 Å². The maximum absolute atomic E-state index is 10.8. The Morgan fingerprint density at radius 3 is 2.72 bits per heavy atom. The van der Waals surface area contributed by atoms with E-state index in [2.05, 4.69) is 17.2 Å². The van der Waals surface area contributed by atoms with Gasteiger partial charge in [0.25, 0.3) is 0 Å². The Morgan fingerprint density at radius 2 is 2.06 bits per heavy atom. The Balaban J connectivity index is 2.33. The van der Waals surface area contributed by atoms with Gasteiger partial charge in [0, 0.05) is 0 Å². The monoisotopic (exact) mass is 267 g/mol. The first-order valence-electron chi connectivity index (χ1n) is 5.32. The van der Waals surface area contributed by atoms with E-state index >= 15 is 0 Å². The van der Waals surface area contributed by atoms with E-state index in [-0.39, 0.29) is 24.9 Å². The molecule has 0 aromatic heterocycles. The van der Waals surface area contributed by atoms with Crippen molar-refractivity contribution in [2.24, 2.45) is 0 Å². The lowest BCUT2D eigenvalue weighted by atomic mass is 10.3. The molecule has 0 aliphatic carbocycles. The third kappa shape index (κ3) is 4.98. The zero-order valence-corrected chi connectivity index (χ0v) is 10.8. The molecule has 0 aliphatic rings. The molecule has 18 heavy (non-hydrogen) atoms. The Labute approximate surface area is 111 Å². The van der Waals surface area contributed by atoms with Gasteiger partial charge in [0.15, 0.2) is 11.5 Å². The van der Waals surface area contributed by atoms with Crippen molar-refractivity contribution in [1.82, 2.24) is 5.32 Å². The summed E-state index contributed by atoms with van der Waals surface area (Å²) in [6.07, 6.45) is 0. The van der Waals surface area contributed by atoms with Crippen LogP contribution < -0.4 is 14.8 Å². The van der Waals surface area contributed by atoms with E-state index in [1.807, 2.05) is 18.2 Å². The SMILES string of the molecule is COc1ccccc1OCC#CCNC(=O)CCl. The number of alkyl halides is 1. The number of benzene rings is 1. The Bertz CT molecular complexity index is 451. The van der Waals surface area contributed by atoms with Crippen LogP contribution in [-0.2, 0) is 4.79 Å². The number of methoxy groups -OCH3 is 1. The molecular weight excluding hydrogens is 254 g/mol. The molecule has 1 N–H and O–H groups in total. The smallest absolute Gasteiger partial charge is 0.235 e. The van der Waals surface area contributed by atoms with Crippen LogP contribution in [0, 0.1) is 11.8 Å². The summed E-state index contributed by atoms with van der Waals surface area (Å²) in [5.41, 5.74) is 0. The second-order valence-electron chi connectivity index (χ2n) is 3.20. The molecule has 5 heteroatoms. The predicted molar refractivity (Wildman–Crippen MR) is 70.0 cm³/mol. The molecule has 4 nitrogen and oxygen atoms in total. The predicted octanol–water partition coefficient (Wildman–Crippen LogP) is 1.43. The van der Waals surface area contributed by atoms with Gasteiger partial charge in [-0.25, -0.2) is 0 Å². The maximum Gasteiger partial charge on any atom is 0.235 e. The van der Waals surface area contributed by atoms with Gasteiger partial charge in [0.2, 0.25) is 5.91 Å². The molecule has 0 unspecified atom stereocenters. The van der Waals surface area contributed by atoms with Crippen molar-refractivity contribution in [2.45, 2.75) is 0 Å². The van der Waals surface area contributed by atoms with Gasteiger partial charge in [-0.1, -0.05) is 24.0 Å². The molecule has 0 aliphatic heterocycles. The number of hydrogen-bond donors (Lipinski definition) is 1. The van der Waals surface area contributed by atoms with Crippen LogP contribution in [0.15, 0.2) is 24.3 Å². The first-order chi connectivity index (χ1) is 8.77. The summed E-state index contributed by atoms with van der Waals surface area (Å²) in [6, 6.07) is 7.32. The fourth-order valence-electron chi connectivity index (χ4n) is 1.16. The molecule has 0 spiro atoms. The van der Waals surface area contributed by atoms with Gasteiger partial charge < -0.3 is 14.8 Å². The molecule has 0 atom stereocenters. The Kier molecular flexibility index (Phi) is 6.52. The number of amides is 1. The molecule has 96 valence electrons. The molecule has 1 rings (SSSR count). The van der Waals surface area contributed by atoms with E-state index in [1.54, 1.807) is 13.2 Å². The van der Waals surface area contributed by atoms with Crippen molar-refractivity contribution < 1.29 is 14.3 Å². The van der Waals surface area contributed by atoms with Crippen molar-refractivity contribution in [1.29, 1.82) is 0 Å². The molecule has 0 fully saturated rings.